The van der Waals surface area contributed by atoms with Gasteiger partial charge in [-0.25, -0.2) is 4.98 Å². The van der Waals surface area contributed by atoms with Crippen molar-refractivity contribution in [1.29, 1.82) is 0 Å². The summed E-state index contributed by atoms with van der Waals surface area (Å²) < 4.78 is 11.9. The molecule has 0 unspecified atom stereocenters. The largest absolute Gasteiger partial charge is 0.490 e. The molecule has 126 valence electrons. The van der Waals surface area contributed by atoms with Gasteiger partial charge in [0.2, 0.25) is 5.95 Å². The van der Waals surface area contributed by atoms with Crippen LogP contribution in [-0.4, -0.2) is 22.2 Å². The van der Waals surface area contributed by atoms with E-state index in [4.69, 9.17) is 20.9 Å². The van der Waals surface area contributed by atoms with Crippen LogP contribution in [-0.2, 0) is 6.42 Å². The Bertz CT molecular complexity index is 800. The van der Waals surface area contributed by atoms with E-state index in [1.54, 1.807) is 6.20 Å². The van der Waals surface area contributed by atoms with Crippen LogP contribution >= 0.6 is 0 Å². The molecule has 0 fully saturated rings. The number of nitrogen functional groups attached to an aromatic ring is 2. The summed E-state index contributed by atoms with van der Waals surface area (Å²) >= 11 is 0. The third-order valence-electron chi connectivity index (χ3n) is 3.78. The highest BCUT2D eigenvalue weighted by atomic mass is 16.5. The molecule has 0 aliphatic carbocycles. The van der Waals surface area contributed by atoms with Crippen molar-refractivity contribution in [3.63, 3.8) is 0 Å². The summed E-state index contributed by atoms with van der Waals surface area (Å²) in [6, 6.07) is 4.05. The first-order valence-electron chi connectivity index (χ1n) is 7.93. The van der Waals surface area contributed by atoms with E-state index in [9.17, 15) is 0 Å². The average Bonchev–Trinajstić information content (AvgIpc) is 2.51. The molecule has 0 radical (unpaired) electrons. The maximum absolute atomic E-state index is 6.07. The number of fused-ring (bicyclic) bond motifs is 1. The van der Waals surface area contributed by atoms with Gasteiger partial charge in [-0.2, -0.15) is 4.98 Å². The zero-order chi connectivity index (χ0) is 17.3. The zero-order valence-electron chi connectivity index (χ0n) is 14.2. The number of hydrogen-bond donors (Lipinski definition) is 2. The minimum Gasteiger partial charge on any atom is -0.490 e. The molecular formula is C18H22N4O2. The fraction of sp³-hybridized carbons (Fsp3) is 0.333. The van der Waals surface area contributed by atoms with Gasteiger partial charge in [-0.1, -0.05) is 6.08 Å². The van der Waals surface area contributed by atoms with Crippen molar-refractivity contribution < 1.29 is 9.47 Å². The Morgan fingerprint density at radius 2 is 2.04 bits per heavy atom. The highest BCUT2D eigenvalue weighted by Crippen LogP contribution is 2.40. The van der Waals surface area contributed by atoms with Crippen LogP contribution in [0.3, 0.4) is 0 Å². The van der Waals surface area contributed by atoms with Crippen molar-refractivity contribution in [3.05, 3.63) is 41.1 Å². The maximum atomic E-state index is 6.07. The number of rotatable bonds is 4. The molecule has 4 N–H and O–H groups in total. The van der Waals surface area contributed by atoms with Gasteiger partial charge in [-0.05, 0) is 44.5 Å². The van der Waals surface area contributed by atoms with Crippen molar-refractivity contribution in [2.45, 2.75) is 32.8 Å². The molecule has 0 amide bonds. The molecule has 2 heterocycles. The third-order valence-corrected chi connectivity index (χ3v) is 3.78. The number of nitrogens with zero attached hydrogens (tertiary/aromatic N) is 2. The Morgan fingerprint density at radius 1 is 1.25 bits per heavy atom. The highest BCUT2D eigenvalue weighted by molar-refractivity contribution is 5.67. The van der Waals surface area contributed by atoms with Gasteiger partial charge in [0.25, 0.3) is 0 Å². The highest BCUT2D eigenvalue weighted by Gasteiger charge is 2.25. The Labute approximate surface area is 141 Å². The van der Waals surface area contributed by atoms with Crippen LogP contribution in [0, 0.1) is 0 Å². The second kappa shape index (κ2) is 6.03. The van der Waals surface area contributed by atoms with E-state index < -0.39 is 0 Å². The number of benzene rings is 1. The van der Waals surface area contributed by atoms with E-state index >= 15 is 0 Å². The summed E-state index contributed by atoms with van der Waals surface area (Å²) in [6.07, 6.45) is 6.35. The Morgan fingerprint density at radius 3 is 2.75 bits per heavy atom. The minimum absolute atomic E-state index is 0.176. The van der Waals surface area contributed by atoms with Crippen molar-refractivity contribution >= 4 is 17.8 Å². The van der Waals surface area contributed by atoms with E-state index in [-0.39, 0.29) is 11.5 Å². The summed E-state index contributed by atoms with van der Waals surface area (Å²) in [4.78, 5) is 8.03. The molecule has 24 heavy (non-hydrogen) atoms. The Kier molecular flexibility index (Phi) is 4.05. The fourth-order valence-electron chi connectivity index (χ4n) is 2.66. The monoisotopic (exact) mass is 326 g/mol. The molecule has 1 aliphatic rings. The lowest BCUT2D eigenvalue weighted by molar-refractivity contribution is 0.150. The molecule has 0 spiro atoms. The molecule has 1 aromatic heterocycles. The first-order chi connectivity index (χ1) is 11.4. The molecule has 3 rings (SSSR count). The first kappa shape index (κ1) is 16.1. The van der Waals surface area contributed by atoms with E-state index in [1.165, 1.54) is 0 Å². The summed E-state index contributed by atoms with van der Waals surface area (Å²) in [5.74, 6) is 2.08. The topological polar surface area (TPSA) is 96.3 Å². The van der Waals surface area contributed by atoms with Gasteiger partial charge in [0.05, 0.1) is 6.61 Å². The summed E-state index contributed by atoms with van der Waals surface area (Å²) in [5.41, 5.74) is 14.0. The van der Waals surface area contributed by atoms with E-state index in [0.717, 1.165) is 28.2 Å². The quantitative estimate of drug-likeness (QED) is 0.897. The smallest absolute Gasteiger partial charge is 0.221 e. The van der Waals surface area contributed by atoms with Gasteiger partial charge in [0, 0.05) is 23.7 Å². The predicted molar refractivity (Wildman–Crippen MR) is 95.0 cm³/mol. The van der Waals surface area contributed by atoms with Crippen molar-refractivity contribution in [2.75, 3.05) is 18.1 Å². The standard InChI is InChI=1S/C18H22N4O2/c1-4-23-14-9-11(8-13-10-21-17(20)22-16(13)19)7-12-5-6-18(2,3)24-15(12)14/h5-7,9-10H,4,8H2,1-3H3,(H4,19,20,21,22). The second-order valence-electron chi connectivity index (χ2n) is 6.30. The van der Waals surface area contributed by atoms with Gasteiger partial charge in [-0.3, -0.25) is 0 Å². The van der Waals surface area contributed by atoms with Crippen LogP contribution in [0.1, 0.15) is 37.5 Å². The fourth-order valence-corrected chi connectivity index (χ4v) is 2.66. The normalized spacial score (nSPS) is 14.8. The number of nitrogens with two attached hydrogens (primary N) is 2. The predicted octanol–water partition coefficient (Wildman–Crippen LogP) is 2.81. The lowest BCUT2D eigenvalue weighted by Gasteiger charge is -2.29. The Hall–Kier alpha value is -2.76. The third kappa shape index (κ3) is 3.27. The Balaban J connectivity index is 1.99. The molecule has 2 aromatic rings. The van der Waals surface area contributed by atoms with Crippen LogP contribution < -0.4 is 20.9 Å². The van der Waals surface area contributed by atoms with Crippen molar-refractivity contribution in [3.8, 4) is 11.5 Å². The minimum atomic E-state index is -0.352. The first-order valence-corrected chi connectivity index (χ1v) is 7.93. The van der Waals surface area contributed by atoms with Crippen LogP contribution in [0.4, 0.5) is 11.8 Å². The van der Waals surface area contributed by atoms with Crippen LogP contribution in [0.25, 0.3) is 6.08 Å². The van der Waals surface area contributed by atoms with Gasteiger partial charge in [0.15, 0.2) is 11.5 Å². The molecule has 6 nitrogen and oxygen atoms in total. The van der Waals surface area contributed by atoms with Crippen molar-refractivity contribution in [2.24, 2.45) is 0 Å². The van der Waals surface area contributed by atoms with Gasteiger partial charge in [0.1, 0.15) is 11.4 Å². The molecule has 0 saturated carbocycles. The number of hydrogen-bond acceptors (Lipinski definition) is 6. The zero-order valence-corrected chi connectivity index (χ0v) is 14.2. The molecule has 0 atom stereocenters. The van der Waals surface area contributed by atoms with E-state index in [0.29, 0.717) is 18.8 Å². The van der Waals surface area contributed by atoms with Gasteiger partial charge in [-0.15, -0.1) is 0 Å². The maximum Gasteiger partial charge on any atom is 0.221 e. The average molecular weight is 326 g/mol. The molecular weight excluding hydrogens is 304 g/mol. The number of ether oxygens (including phenoxy) is 2. The van der Waals surface area contributed by atoms with E-state index in [1.807, 2.05) is 32.9 Å². The summed E-state index contributed by atoms with van der Waals surface area (Å²) in [5, 5.41) is 0. The molecule has 6 heteroatoms. The molecule has 1 aromatic carbocycles. The lowest BCUT2D eigenvalue weighted by atomic mass is 9.98. The molecule has 1 aliphatic heterocycles. The van der Waals surface area contributed by atoms with E-state index in [2.05, 4.69) is 22.1 Å². The summed E-state index contributed by atoms with van der Waals surface area (Å²) in [6.45, 7) is 6.55. The second-order valence-corrected chi connectivity index (χ2v) is 6.30. The van der Waals surface area contributed by atoms with Crippen LogP contribution in [0.2, 0.25) is 0 Å². The number of anilines is 2. The lowest BCUT2D eigenvalue weighted by Crippen LogP contribution is -2.28. The number of aromatic nitrogens is 2. The SMILES string of the molecule is CCOc1cc(Cc2cnc(N)nc2N)cc2c1OC(C)(C)C=C2. The van der Waals surface area contributed by atoms with Crippen LogP contribution in [0.15, 0.2) is 24.4 Å². The summed E-state index contributed by atoms with van der Waals surface area (Å²) in [7, 11) is 0. The molecule has 0 bridgehead atoms. The van der Waals surface area contributed by atoms with Crippen LogP contribution in [0.5, 0.6) is 11.5 Å². The molecule has 0 saturated heterocycles. The van der Waals surface area contributed by atoms with Gasteiger partial charge >= 0.3 is 0 Å². The van der Waals surface area contributed by atoms with Crippen molar-refractivity contribution in [1.82, 2.24) is 9.97 Å². The van der Waals surface area contributed by atoms with Gasteiger partial charge < -0.3 is 20.9 Å².